The Bertz CT molecular complexity index is 550. The number of nitrogens with one attached hydrogen (secondary N) is 1. The second kappa shape index (κ2) is 5.83. The molecular weight excluding hydrogens is 226 g/mol. The average molecular weight is 237 g/mol. The predicted molar refractivity (Wildman–Crippen MR) is 76.0 cm³/mol. The number of benzene rings is 2. The van der Waals surface area contributed by atoms with Crippen molar-refractivity contribution in [1.82, 2.24) is 0 Å². The van der Waals surface area contributed by atoms with E-state index in [-0.39, 0.29) is 0 Å². The maximum atomic E-state index is 5.15. The fraction of sp³-hybridized carbons (Fsp3) is 0. The van der Waals surface area contributed by atoms with E-state index >= 15 is 0 Å². The Morgan fingerprint density at radius 3 is 2.12 bits per heavy atom. The van der Waals surface area contributed by atoms with Gasteiger partial charge in [-0.15, -0.1) is 0 Å². The fourth-order valence-corrected chi connectivity index (χ4v) is 1.50. The van der Waals surface area contributed by atoms with Crippen LogP contribution >= 0.6 is 12.2 Å². The number of rotatable bonds is 1. The molecule has 1 nitrogen and oxygen atoms in total. The van der Waals surface area contributed by atoms with E-state index in [0.29, 0.717) is 4.99 Å². The van der Waals surface area contributed by atoms with Crippen LogP contribution in [0.3, 0.4) is 0 Å². The molecule has 0 spiro atoms. The molecule has 17 heavy (non-hydrogen) atoms. The van der Waals surface area contributed by atoms with Gasteiger partial charge in [0.15, 0.2) is 4.99 Å². The molecule has 82 valence electrons. The van der Waals surface area contributed by atoms with Gasteiger partial charge in [-0.1, -0.05) is 54.5 Å². The van der Waals surface area contributed by atoms with E-state index in [4.69, 9.17) is 12.2 Å². The lowest BCUT2D eigenvalue weighted by Crippen LogP contribution is -2.05. The van der Waals surface area contributed by atoms with E-state index in [0.717, 1.165) is 11.3 Å². The topological polar surface area (TPSA) is 12.0 Å². The van der Waals surface area contributed by atoms with Gasteiger partial charge in [-0.2, -0.15) is 0 Å². The molecule has 2 rings (SSSR count). The molecule has 1 N–H and O–H groups in total. The quantitative estimate of drug-likeness (QED) is 0.602. The normalized spacial score (nSPS) is 8.94. The van der Waals surface area contributed by atoms with Crippen LogP contribution in [-0.4, -0.2) is 4.99 Å². The predicted octanol–water partition coefficient (Wildman–Crippen LogP) is 3.48. The van der Waals surface area contributed by atoms with Crippen LogP contribution in [0.1, 0.15) is 5.56 Å². The third-order valence-electron chi connectivity index (χ3n) is 2.13. The lowest BCUT2D eigenvalue weighted by molar-refractivity contribution is 1.64. The monoisotopic (exact) mass is 237 g/mol. The standard InChI is InChI=1S/C15H11NS/c17-15(16-14-9-5-2-6-10-14)12-11-13-7-3-1-4-8-13/h1-10H,(H,16,17). The summed E-state index contributed by atoms with van der Waals surface area (Å²) in [6.07, 6.45) is 0. The second-order valence-electron chi connectivity index (χ2n) is 3.44. The van der Waals surface area contributed by atoms with Gasteiger partial charge in [0, 0.05) is 11.3 Å². The molecule has 2 aromatic carbocycles. The minimum absolute atomic E-state index is 0.528. The Labute approximate surface area is 106 Å². The molecule has 0 fully saturated rings. The molecule has 0 aromatic heterocycles. The van der Waals surface area contributed by atoms with Gasteiger partial charge in [0.1, 0.15) is 0 Å². The Morgan fingerprint density at radius 2 is 1.47 bits per heavy atom. The van der Waals surface area contributed by atoms with E-state index in [9.17, 15) is 0 Å². The highest BCUT2D eigenvalue weighted by atomic mass is 32.1. The van der Waals surface area contributed by atoms with Crippen LogP contribution in [0.2, 0.25) is 0 Å². The molecule has 0 radical (unpaired) electrons. The molecule has 0 atom stereocenters. The minimum atomic E-state index is 0.528. The van der Waals surface area contributed by atoms with Crippen LogP contribution in [0.4, 0.5) is 5.69 Å². The van der Waals surface area contributed by atoms with Crippen LogP contribution in [0.25, 0.3) is 0 Å². The van der Waals surface area contributed by atoms with Crippen molar-refractivity contribution in [3.8, 4) is 11.8 Å². The smallest absolute Gasteiger partial charge is 0.155 e. The van der Waals surface area contributed by atoms with Crippen molar-refractivity contribution in [2.24, 2.45) is 0 Å². The van der Waals surface area contributed by atoms with Gasteiger partial charge >= 0.3 is 0 Å². The molecular formula is C15H11NS. The van der Waals surface area contributed by atoms with E-state index < -0.39 is 0 Å². The molecule has 0 saturated carbocycles. The van der Waals surface area contributed by atoms with Crippen LogP contribution in [0.15, 0.2) is 60.7 Å². The fourth-order valence-electron chi connectivity index (χ4n) is 1.33. The largest absolute Gasteiger partial charge is 0.339 e. The summed E-state index contributed by atoms with van der Waals surface area (Å²) in [5, 5.41) is 3.07. The maximum Gasteiger partial charge on any atom is 0.155 e. The molecule has 0 aliphatic carbocycles. The zero-order valence-corrected chi connectivity index (χ0v) is 10.00. The van der Waals surface area contributed by atoms with Crippen molar-refractivity contribution in [1.29, 1.82) is 0 Å². The van der Waals surface area contributed by atoms with Crippen LogP contribution in [0, 0.1) is 11.8 Å². The summed E-state index contributed by atoms with van der Waals surface area (Å²) in [5.74, 6) is 5.93. The van der Waals surface area contributed by atoms with Crippen molar-refractivity contribution in [2.75, 3.05) is 5.32 Å². The summed E-state index contributed by atoms with van der Waals surface area (Å²) in [4.78, 5) is 0.528. The molecule has 0 unspecified atom stereocenters. The summed E-state index contributed by atoms with van der Waals surface area (Å²) in [5.41, 5.74) is 1.92. The summed E-state index contributed by atoms with van der Waals surface area (Å²) < 4.78 is 0. The Hall–Kier alpha value is -2.11. The number of para-hydroxylation sites is 1. The van der Waals surface area contributed by atoms with E-state index in [1.807, 2.05) is 60.7 Å². The second-order valence-corrected chi connectivity index (χ2v) is 3.84. The molecule has 2 heteroatoms. The Balaban J connectivity index is 2.02. The lowest BCUT2D eigenvalue weighted by Gasteiger charge is -2.00. The van der Waals surface area contributed by atoms with Gasteiger partial charge in [0.2, 0.25) is 0 Å². The maximum absolute atomic E-state index is 5.15. The van der Waals surface area contributed by atoms with Gasteiger partial charge in [-0.25, -0.2) is 0 Å². The molecule has 0 heterocycles. The summed E-state index contributed by atoms with van der Waals surface area (Å²) >= 11 is 5.15. The van der Waals surface area contributed by atoms with Crippen molar-refractivity contribution in [3.63, 3.8) is 0 Å². The summed E-state index contributed by atoms with van der Waals surface area (Å²) in [7, 11) is 0. The zero-order valence-electron chi connectivity index (χ0n) is 9.18. The third kappa shape index (κ3) is 3.75. The molecule has 0 saturated heterocycles. The van der Waals surface area contributed by atoms with Crippen molar-refractivity contribution in [2.45, 2.75) is 0 Å². The van der Waals surface area contributed by atoms with Gasteiger partial charge in [0.05, 0.1) is 0 Å². The lowest BCUT2D eigenvalue weighted by atomic mass is 10.2. The van der Waals surface area contributed by atoms with Gasteiger partial charge in [0.25, 0.3) is 0 Å². The highest BCUT2D eigenvalue weighted by Gasteiger charge is 1.91. The first-order valence-electron chi connectivity index (χ1n) is 5.28. The van der Waals surface area contributed by atoms with Gasteiger partial charge in [-0.3, -0.25) is 0 Å². The molecule has 0 aliphatic heterocycles. The van der Waals surface area contributed by atoms with E-state index in [1.54, 1.807) is 0 Å². The average Bonchev–Trinajstić information content (AvgIpc) is 2.39. The van der Waals surface area contributed by atoms with Crippen molar-refractivity contribution >= 4 is 22.9 Å². The zero-order chi connectivity index (χ0) is 11.9. The molecule has 0 amide bonds. The highest BCUT2D eigenvalue weighted by molar-refractivity contribution is 7.81. The Morgan fingerprint density at radius 1 is 0.882 bits per heavy atom. The first-order valence-corrected chi connectivity index (χ1v) is 5.68. The minimum Gasteiger partial charge on any atom is -0.339 e. The number of anilines is 1. The Kier molecular flexibility index (Phi) is 3.90. The number of hydrogen-bond acceptors (Lipinski definition) is 1. The van der Waals surface area contributed by atoms with Crippen LogP contribution in [-0.2, 0) is 0 Å². The van der Waals surface area contributed by atoms with Crippen molar-refractivity contribution in [3.05, 3.63) is 66.2 Å². The van der Waals surface area contributed by atoms with E-state index in [2.05, 4.69) is 17.2 Å². The van der Waals surface area contributed by atoms with Crippen molar-refractivity contribution < 1.29 is 0 Å². The molecule has 0 bridgehead atoms. The van der Waals surface area contributed by atoms with Crippen LogP contribution < -0.4 is 5.32 Å². The molecule has 0 aliphatic rings. The number of hydrogen-bond donors (Lipinski definition) is 1. The van der Waals surface area contributed by atoms with Gasteiger partial charge < -0.3 is 5.32 Å². The number of thiocarbonyl (C=S) groups is 1. The first-order chi connectivity index (χ1) is 8.34. The SMILES string of the molecule is S=C(C#Cc1ccccc1)Nc1ccccc1. The summed E-state index contributed by atoms with van der Waals surface area (Å²) in [6.45, 7) is 0. The molecule has 2 aromatic rings. The van der Waals surface area contributed by atoms with Gasteiger partial charge in [-0.05, 0) is 30.2 Å². The van der Waals surface area contributed by atoms with Crippen LogP contribution in [0.5, 0.6) is 0 Å². The summed E-state index contributed by atoms with van der Waals surface area (Å²) in [6, 6.07) is 19.6. The first kappa shape index (κ1) is 11.4. The van der Waals surface area contributed by atoms with E-state index in [1.165, 1.54) is 0 Å². The third-order valence-corrected chi connectivity index (χ3v) is 2.33. The highest BCUT2D eigenvalue weighted by Crippen LogP contribution is 2.04.